The van der Waals surface area contributed by atoms with Crippen LogP contribution in [0.3, 0.4) is 0 Å². The molecular formula is C11H16N4. The maximum Gasteiger partial charge on any atom is 0.142 e. The maximum absolute atomic E-state index is 8.72. The standard InChI is InChI=1S/C11H16N4/c1-14(2)7-8-15(3)11-6-4-5-10(9-12)13-11/h4-6H,7-8H2,1-3H3. The Bertz CT molecular complexity index is 354. The summed E-state index contributed by atoms with van der Waals surface area (Å²) in [7, 11) is 6.05. The van der Waals surface area contributed by atoms with Gasteiger partial charge in [-0.1, -0.05) is 6.07 Å². The minimum atomic E-state index is 0.462. The Morgan fingerprint density at radius 1 is 1.27 bits per heavy atom. The second-order valence-electron chi connectivity index (χ2n) is 3.72. The molecule has 1 heterocycles. The van der Waals surface area contributed by atoms with E-state index in [1.807, 2.05) is 44.2 Å². The lowest BCUT2D eigenvalue weighted by molar-refractivity contribution is 0.416. The molecule has 0 bridgehead atoms. The van der Waals surface area contributed by atoms with Gasteiger partial charge in [-0.05, 0) is 26.2 Å². The summed E-state index contributed by atoms with van der Waals surface area (Å²) in [5.41, 5.74) is 0.462. The third-order valence-corrected chi connectivity index (χ3v) is 2.12. The van der Waals surface area contributed by atoms with E-state index < -0.39 is 0 Å². The molecule has 0 aliphatic rings. The summed E-state index contributed by atoms with van der Waals surface area (Å²) in [6.07, 6.45) is 0. The highest BCUT2D eigenvalue weighted by molar-refractivity contribution is 5.40. The van der Waals surface area contributed by atoms with E-state index in [0.717, 1.165) is 18.9 Å². The fourth-order valence-corrected chi connectivity index (χ4v) is 1.16. The Balaban J connectivity index is 2.65. The van der Waals surface area contributed by atoms with Gasteiger partial charge in [0, 0.05) is 20.1 Å². The predicted molar refractivity (Wildman–Crippen MR) is 60.8 cm³/mol. The molecule has 1 aromatic heterocycles. The molecule has 0 spiro atoms. The lowest BCUT2D eigenvalue weighted by Crippen LogP contribution is -2.29. The Morgan fingerprint density at radius 2 is 2.00 bits per heavy atom. The molecule has 4 heteroatoms. The molecule has 0 aromatic carbocycles. The summed E-state index contributed by atoms with van der Waals surface area (Å²) in [5, 5.41) is 8.72. The van der Waals surface area contributed by atoms with Gasteiger partial charge in [0.1, 0.15) is 17.6 Å². The normalized spacial score (nSPS) is 10.1. The van der Waals surface area contributed by atoms with Gasteiger partial charge in [-0.3, -0.25) is 0 Å². The van der Waals surface area contributed by atoms with Gasteiger partial charge in [-0.25, -0.2) is 4.98 Å². The van der Waals surface area contributed by atoms with Crippen molar-refractivity contribution in [2.75, 3.05) is 39.1 Å². The molecule has 4 nitrogen and oxygen atoms in total. The van der Waals surface area contributed by atoms with Gasteiger partial charge in [0.05, 0.1) is 0 Å². The van der Waals surface area contributed by atoms with Gasteiger partial charge in [-0.2, -0.15) is 5.26 Å². The number of hydrogen-bond donors (Lipinski definition) is 0. The summed E-state index contributed by atoms with van der Waals surface area (Å²) in [6, 6.07) is 7.52. The van der Waals surface area contributed by atoms with E-state index in [1.54, 1.807) is 6.07 Å². The fourth-order valence-electron chi connectivity index (χ4n) is 1.16. The average molecular weight is 204 g/mol. The van der Waals surface area contributed by atoms with Crippen molar-refractivity contribution in [3.8, 4) is 6.07 Å². The van der Waals surface area contributed by atoms with Crippen molar-refractivity contribution in [2.45, 2.75) is 0 Å². The van der Waals surface area contributed by atoms with Crippen molar-refractivity contribution in [2.24, 2.45) is 0 Å². The lowest BCUT2D eigenvalue weighted by Gasteiger charge is -2.20. The van der Waals surface area contributed by atoms with E-state index in [2.05, 4.69) is 9.88 Å². The van der Waals surface area contributed by atoms with Crippen LogP contribution in [0, 0.1) is 11.3 Å². The summed E-state index contributed by atoms with van der Waals surface area (Å²) >= 11 is 0. The number of pyridine rings is 1. The SMILES string of the molecule is CN(C)CCN(C)c1cccc(C#N)n1. The van der Waals surface area contributed by atoms with Crippen molar-refractivity contribution < 1.29 is 0 Å². The summed E-state index contributed by atoms with van der Waals surface area (Å²) in [4.78, 5) is 8.37. The first-order valence-electron chi connectivity index (χ1n) is 4.86. The molecule has 0 aliphatic carbocycles. The van der Waals surface area contributed by atoms with E-state index >= 15 is 0 Å². The zero-order valence-electron chi connectivity index (χ0n) is 9.44. The van der Waals surface area contributed by atoms with Gasteiger partial charge in [-0.15, -0.1) is 0 Å². The molecule has 0 atom stereocenters. The van der Waals surface area contributed by atoms with Crippen LogP contribution in [0.15, 0.2) is 18.2 Å². The Morgan fingerprint density at radius 3 is 2.60 bits per heavy atom. The Labute approximate surface area is 90.8 Å². The third kappa shape index (κ3) is 3.56. The van der Waals surface area contributed by atoms with E-state index in [1.165, 1.54) is 0 Å². The molecule has 80 valence electrons. The summed E-state index contributed by atoms with van der Waals surface area (Å²) < 4.78 is 0. The van der Waals surface area contributed by atoms with Crippen molar-refractivity contribution in [1.82, 2.24) is 9.88 Å². The molecule has 0 fully saturated rings. The highest BCUT2D eigenvalue weighted by atomic mass is 15.2. The van der Waals surface area contributed by atoms with Crippen LogP contribution in [0.5, 0.6) is 0 Å². The average Bonchev–Trinajstić information content (AvgIpc) is 2.26. The van der Waals surface area contributed by atoms with Gasteiger partial charge < -0.3 is 9.80 Å². The second kappa shape index (κ2) is 5.32. The van der Waals surface area contributed by atoms with Crippen LogP contribution in [0.1, 0.15) is 5.69 Å². The third-order valence-electron chi connectivity index (χ3n) is 2.12. The number of hydrogen-bond acceptors (Lipinski definition) is 4. The number of likely N-dealkylation sites (N-methyl/N-ethyl adjacent to an activating group) is 2. The molecular weight excluding hydrogens is 188 g/mol. The van der Waals surface area contributed by atoms with Crippen LogP contribution in [-0.2, 0) is 0 Å². The molecule has 1 aromatic rings. The molecule has 1 rings (SSSR count). The fraction of sp³-hybridized carbons (Fsp3) is 0.455. The minimum Gasteiger partial charge on any atom is -0.358 e. The first kappa shape index (κ1) is 11.5. The van der Waals surface area contributed by atoms with Crippen LogP contribution < -0.4 is 4.90 Å². The first-order chi connectivity index (χ1) is 7.13. The molecule has 0 unspecified atom stereocenters. The molecule has 0 N–H and O–H groups in total. The first-order valence-corrected chi connectivity index (χ1v) is 4.86. The molecule has 15 heavy (non-hydrogen) atoms. The second-order valence-corrected chi connectivity index (χ2v) is 3.72. The van der Waals surface area contributed by atoms with Gasteiger partial charge in [0.15, 0.2) is 0 Å². The number of nitriles is 1. The van der Waals surface area contributed by atoms with Crippen molar-refractivity contribution in [1.29, 1.82) is 5.26 Å². The van der Waals surface area contributed by atoms with Crippen molar-refractivity contribution in [3.63, 3.8) is 0 Å². The van der Waals surface area contributed by atoms with Crippen LogP contribution >= 0.6 is 0 Å². The van der Waals surface area contributed by atoms with Crippen LogP contribution in [0.2, 0.25) is 0 Å². The summed E-state index contributed by atoms with van der Waals surface area (Å²) in [6.45, 7) is 1.86. The highest BCUT2D eigenvalue weighted by Crippen LogP contribution is 2.08. The summed E-state index contributed by atoms with van der Waals surface area (Å²) in [5.74, 6) is 0.843. The van der Waals surface area contributed by atoms with Crippen LogP contribution in [0.25, 0.3) is 0 Å². The molecule has 0 radical (unpaired) electrons. The van der Waals surface area contributed by atoms with Crippen molar-refractivity contribution in [3.05, 3.63) is 23.9 Å². The topological polar surface area (TPSA) is 43.2 Å². The molecule has 0 saturated carbocycles. The molecule has 0 aliphatic heterocycles. The smallest absolute Gasteiger partial charge is 0.142 e. The Hall–Kier alpha value is -1.60. The van der Waals surface area contributed by atoms with E-state index in [9.17, 15) is 0 Å². The highest BCUT2D eigenvalue weighted by Gasteiger charge is 2.03. The van der Waals surface area contributed by atoms with Crippen LogP contribution in [-0.4, -0.2) is 44.1 Å². The monoisotopic (exact) mass is 204 g/mol. The molecule has 0 saturated heterocycles. The van der Waals surface area contributed by atoms with Gasteiger partial charge in [0.2, 0.25) is 0 Å². The van der Waals surface area contributed by atoms with Crippen molar-refractivity contribution >= 4 is 5.82 Å². The lowest BCUT2D eigenvalue weighted by atomic mass is 10.3. The van der Waals surface area contributed by atoms with E-state index in [4.69, 9.17) is 5.26 Å². The van der Waals surface area contributed by atoms with E-state index in [0.29, 0.717) is 5.69 Å². The number of aromatic nitrogens is 1. The quantitative estimate of drug-likeness (QED) is 0.732. The minimum absolute atomic E-state index is 0.462. The Kier molecular flexibility index (Phi) is 4.07. The van der Waals surface area contributed by atoms with Gasteiger partial charge >= 0.3 is 0 Å². The number of rotatable bonds is 4. The zero-order chi connectivity index (χ0) is 11.3. The largest absolute Gasteiger partial charge is 0.358 e. The number of nitrogens with zero attached hydrogens (tertiary/aromatic N) is 4. The van der Waals surface area contributed by atoms with E-state index in [-0.39, 0.29) is 0 Å². The van der Waals surface area contributed by atoms with Crippen LogP contribution in [0.4, 0.5) is 5.82 Å². The maximum atomic E-state index is 8.72. The molecule has 0 amide bonds. The van der Waals surface area contributed by atoms with Gasteiger partial charge in [0.25, 0.3) is 0 Å². The zero-order valence-corrected chi connectivity index (χ0v) is 9.44. The number of anilines is 1. The predicted octanol–water partition coefficient (Wildman–Crippen LogP) is 0.951.